The molecule has 0 bridgehead atoms. The van der Waals surface area contributed by atoms with Crippen LogP contribution in [0.4, 0.5) is 0 Å². The fourth-order valence-electron chi connectivity index (χ4n) is 1.52. The van der Waals surface area contributed by atoms with Crippen LogP contribution in [0.5, 0.6) is 0 Å². The molecule has 0 amide bonds. The van der Waals surface area contributed by atoms with E-state index in [2.05, 4.69) is 6.92 Å². The average molecular weight is 235 g/mol. The first-order valence-electron chi connectivity index (χ1n) is 5.96. The van der Waals surface area contributed by atoms with Gasteiger partial charge in [0.05, 0.1) is 5.92 Å². The van der Waals surface area contributed by atoms with Crippen LogP contribution in [-0.4, -0.2) is 16.5 Å². The minimum atomic E-state index is -0.791. The lowest BCUT2D eigenvalue weighted by molar-refractivity contribution is -0.141. The van der Waals surface area contributed by atoms with Crippen molar-refractivity contribution < 1.29 is 9.90 Å². The second kappa shape index (κ2) is 9.02. The number of halogens is 1. The Morgan fingerprint density at radius 2 is 1.73 bits per heavy atom. The highest BCUT2D eigenvalue weighted by atomic mass is 35.5. The zero-order chi connectivity index (χ0) is 11.7. The predicted molar refractivity (Wildman–Crippen MR) is 64.4 cm³/mol. The van der Waals surface area contributed by atoms with Gasteiger partial charge in [-0.1, -0.05) is 52.4 Å². The largest absolute Gasteiger partial charge is 0.481 e. The maximum Gasteiger partial charge on any atom is 0.307 e. The normalized spacial score (nSPS) is 14.9. The van der Waals surface area contributed by atoms with Gasteiger partial charge >= 0.3 is 5.97 Å². The highest BCUT2D eigenvalue weighted by molar-refractivity contribution is 6.21. The van der Waals surface area contributed by atoms with Crippen molar-refractivity contribution >= 4 is 17.6 Å². The van der Waals surface area contributed by atoms with Crippen molar-refractivity contribution in [3.05, 3.63) is 0 Å². The van der Waals surface area contributed by atoms with Gasteiger partial charge in [0, 0.05) is 5.38 Å². The maximum absolute atomic E-state index is 10.6. The molecule has 0 aromatic rings. The summed E-state index contributed by atoms with van der Waals surface area (Å²) in [6.07, 6.45) is 8.15. The highest BCUT2D eigenvalue weighted by Gasteiger charge is 2.20. The summed E-state index contributed by atoms with van der Waals surface area (Å²) in [5.41, 5.74) is 0. The third-order valence-electron chi connectivity index (χ3n) is 2.77. The van der Waals surface area contributed by atoms with Gasteiger partial charge < -0.3 is 5.11 Å². The van der Waals surface area contributed by atoms with Crippen LogP contribution in [0, 0.1) is 5.92 Å². The number of unbranched alkanes of at least 4 members (excludes halogenated alkanes) is 5. The summed E-state index contributed by atoms with van der Waals surface area (Å²) in [6, 6.07) is 0. The quantitative estimate of drug-likeness (QED) is 0.483. The van der Waals surface area contributed by atoms with Crippen LogP contribution in [0.15, 0.2) is 0 Å². The molecule has 2 atom stereocenters. The van der Waals surface area contributed by atoms with E-state index in [1.165, 1.54) is 32.1 Å². The van der Waals surface area contributed by atoms with Crippen LogP contribution >= 0.6 is 11.6 Å². The van der Waals surface area contributed by atoms with E-state index in [1.54, 1.807) is 6.92 Å². The lowest BCUT2D eigenvalue weighted by Crippen LogP contribution is -2.20. The number of aliphatic carboxylic acids is 1. The van der Waals surface area contributed by atoms with Crippen molar-refractivity contribution in [2.45, 2.75) is 64.2 Å². The van der Waals surface area contributed by atoms with E-state index >= 15 is 0 Å². The molecule has 0 rings (SSSR count). The van der Waals surface area contributed by atoms with E-state index in [0.717, 1.165) is 12.8 Å². The lowest BCUT2D eigenvalue weighted by atomic mass is 10.0. The second-order valence-corrected chi connectivity index (χ2v) is 4.76. The standard InChI is InChI=1S/C12H23ClO2/c1-3-4-5-6-7-8-9-11(13)10(2)12(14)15/h10-11H,3-9H2,1-2H3,(H,14,15)/t10-,11-/m1/s1. The third-order valence-corrected chi connectivity index (χ3v) is 3.36. The molecular formula is C12H23ClO2. The zero-order valence-corrected chi connectivity index (χ0v) is 10.6. The van der Waals surface area contributed by atoms with Crippen LogP contribution < -0.4 is 0 Å². The monoisotopic (exact) mass is 234 g/mol. The molecule has 0 aliphatic heterocycles. The number of carboxylic acid groups (broad SMARTS) is 1. The Labute approximate surface area is 98.0 Å². The Morgan fingerprint density at radius 1 is 1.20 bits per heavy atom. The Hall–Kier alpha value is -0.240. The Bertz CT molecular complexity index is 171. The minimum Gasteiger partial charge on any atom is -0.481 e. The fourth-order valence-corrected chi connectivity index (χ4v) is 1.79. The smallest absolute Gasteiger partial charge is 0.307 e. The first-order chi connectivity index (χ1) is 7.09. The molecule has 0 saturated heterocycles. The molecule has 0 unspecified atom stereocenters. The van der Waals surface area contributed by atoms with Crippen molar-refractivity contribution in [1.82, 2.24) is 0 Å². The molecule has 90 valence electrons. The van der Waals surface area contributed by atoms with Gasteiger partial charge in [-0.05, 0) is 6.42 Å². The SMILES string of the molecule is CCCCCCCC[C@@H](Cl)[C@@H](C)C(=O)O. The summed E-state index contributed by atoms with van der Waals surface area (Å²) in [4.78, 5) is 10.6. The number of alkyl halides is 1. The molecule has 0 radical (unpaired) electrons. The zero-order valence-electron chi connectivity index (χ0n) is 9.84. The number of rotatable bonds is 9. The van der Waals surface area contributed by atoms with Crippen LogP contribution in [0.3, 0.4) is 0 Å². The predicted octanol–water partition coefficient (Wildman–Crippen LogP) is 4.07. The van der Waals surface area contributed by atoms with Crippen LogP contribution in [0.1, 0.15) is 58.8 Å². The molecule has 0 aliphatic rings. The average Bonchev–Trinajstić information content (AvgIpc) is 2.21. The molecule has 15 heavy (non-hydrogen) atoms. The molecule has 0 aromatic heterocycles. The summed E-state index contributed by atoms with van der Waals surface area (Å²) >= 11 is 5.99. The Balaban J connectivity index is 3.38. The lowest BCUT2D eigenvalue weighted by Gasteiger charge is -2.13. The van der Waals surface area contributed by atoms with Gasteiger partial charge in [-0.15, -0.1) is 11.6 Å². The van der Waals surface area contributed by atoms with Crippen molar-refractivity contribution in [3.8, 4) is 0 Å². The molecule has 2 nitrogen and oxygen atoms in total. The molecule has 0 saturated carbocycles. The molecular weight excluding hydrogens is 212 g/mol. The number of hydrogen-bond acceptors (Lipinski definition) is 1. The van der Waals surface area contributed by atoms with E-state index in [1.807, 2.05) is 0 Å². The summed E-state index contributed by atoms with van der Waals surface area (Å²) < 4.78 is 0. The highest BCUT2D eigenvalue weighted by Crippen LogP contribution is 2.18. The van der Waals surface area contributed by atoms with E-state index < -0.39 is 11.9 Å². The van der Waals surface area contributed by atoms with Gasteiger partial charge in [0.1, 0.15) is 0 Å². The van der Waals surface area contributed by atoms with Crippen molar-refractivity contribution in [2.75, 3.05) is 0 Å². The van der Waals surface area contributed by atoms with E-state index in [4.69, 9.17) is 16.7 Å². The van der Waals surface area contributed by atoms with E-state index in [9.17, 15) is 4.79 Å². The fraction of sp³-hybridized carbons (Fsp3) is 0.917. The molecule has 0 aliphatic carbocycles. The maximum atomic E-state index is 10.6. The van der Waals surface area contributed by atoms with Crippen LogP contribution in [-0.2, 0) is 4.79 Å². The Morgan fingerprint density at radius 3 is 2.27 bits per heavy atom. The first-order valence-corrected chi connectivity index (χ1v) is 6.40. The molecule has 0 fully saturated rings. The number of carbonyl (C=O) groups is 1. The van der Waals surface area contributed by atoms with E-state index in [-0.39, 0.29) is 5.38 Å². The summed E-state index contributed by atoms with van der Waals surface area (Å²) in [6.45, 7) is 3.88. The summed E-state index contributed by atoms with van der Waals surface area (Å²) in [7, 11) is 0. The summed E-state index contributed by atoms with van der Waals surface area (Å²) in [5.74, 6) is -1.22. The minimum absolute atomic E-state index is 0.214. The van der Waals surface area contributed by atoms with Gasteiger partial charge in [0.2, 0.25) is 0 Å². The summed E-state index contributed by atoms with van der Waals surface area (Å²) in [5, 5.41) is 8.53. The molecule has 0 spiro atoms. The van der Waals surface area contributed by atoms with Gasteiger partial charge in [0.25, 0.3) is 0 Å². The first kappa shape index (κ1) is 14.8. The van der Waals surface area contributed by atoms with Crippen molar-refractivity contribution in [3.63, 3.8) is 0 Å². The van der Waals surface area contributed by atoms with Gasteiger partial charge in [0.15, 0.2) is 0 Å². The molecule has 1 N–H and O–H groups in total. The van der Waals surface area contributed by atoms with Gasteiger partial charge in [-0.2, -0.15) is 0 Å². The van der Waals surface area contributed by atoms with Crippen LogP contribution in [0.2, 0.25) is 0 Å². The van der Waals surface area contributed by atoms with Crippen molar-refractivity contribution in [1.29, 1.82) is 0 Å². The van der Waals surface area contributed by atoms with Gasteiger partial charge in [-0.3, -0.25) is 4.79 Å². The number of hydrogen-bond donors (Lipinski definition) is 1. The van der Waals surface area contributed by atoms with Crippen molar-refractivity contribution in [2.24, 2.45) is 5.92 Å². The molecule has 3 heteroatoms. The third kappa shape index (κ3) is 7.66. The number of carboxylic acids is 1. The van der Waals surface area contributed by atoms with E-state index in [0.29, 0.717) is 0 Å². The Kier molecular flexibility index (Phi) is 8.88. The second-order valence-electron chi connectivity index (χ2n) is 4.20. The molecule has 0 aromatic carbocycles. The van der Waals surface area contributed by atoms with Crippen LogP contribution in [0.25, 0.3) is 0 Å². The topological polar surface area (TPSA) is 37.3 Å². The van der Waals surface area contributed by atoms with Gasteiger partial charge in [-0.25, -0.2) is 0 Å². The molecule has 0 heterocycles.